The summed E-state index contributed by atoms with van der Waals surface area (Å²) < 4.78 is 18.3. The molecular weight excluding hydrogens is 337 g/mol. The lowest BCUT2D eigenvalue weighted by Crippen LogP contribution is -2.36. The van der Waals surface area contributed by atoms with Crippen LogP contribution in [-0.4, -0.2) is 31.4 Å². The van der Waals surface area contributed by atoms with Gasteiger partial charge in [-0.3, -0.25) is 0 Å². The van der Waals surface area contributed by atoms with Gasteiger partial charge in [-0.2, -0.15) is 0 Å². The van der Waals surface area contributed by atoms with Crippen molar-refractivity contribution in [2.24, 2.45) is 0 Å². The molecule has 1 atom stereocenters. The number of morpholine rings is 1. The fourth-order valence-corrected chi connectivity index (χ4v) is 3.07. The summed E-state index contributed by atoms with van der Waals surface area (Å²) in [5.41, 5.74) is 3.13. The monoisotopic (exact) mass is 359 g/mol. The second-order valence-electron chi connectivity index (χ2n) is 6.02. The predicted octanol–water partition coefficient (Wildman–Crippen LogP) is 3.71. The first-order chi connectivity index (χ1) is 12.1. The summed E-state index contributed by atoms with van der Waals surface area (Å²) >= 11 is 5.34. The highest BCUT2D eigenvalue weighted by molar-refractivity contribution is 7.80. The summed E-state index contributed by atoms with van der Waals surface area (Å²) in [7, 11) is 0. The molecule has 0 aliphatic carbocycles. The molecule has 3 rings (SSSR count). The van der Waals surface area contributed by atoms with Crippen molar-refractivity contribution < 1.29 is 9.13 Å². The fraction of sp³-hybridized carbons (Fsp3) is 0.316. The van der Waals surface area contributed by atoms with E-state index in [9.17, 15) is 4.39 Å². The van der Waals surface area contributed by atoms with Crippen molar-refractivity contribution in [3.8, 4) is 0 Å². The Kier molecular flexibility index (Phi) is 5.83. The van der Waals surface area contributed by atoms with E-state index in [4.69, 9.17) is 17.0 Å². The van der Waals surface area contributed by atoms with Gasteiger partial charge in [0.05, 0.1) is 19.3 Å². The number of hydrogen-bond acceptors (Lipinski definition) is 3. The van der Waals surface area contributed by atoms with Crippen LogP contribution in [0.25, 0.3) is 0 Å². The number of hydrogen-bond donors (Lipinski definition) is 2. The van der Waals surface area contributed by atoms with Crippen LogP contribution in [0.1, 0.15) is 18.5 Å². The maximum absolute atomic E-state index is 12.9. The van der Waals surface area contributed by atoms with Crippen LogP contribution in [0.5, 0.6) is 0 Å². The highest BCUT2D eigenvalue weighted by Crippen LogP contribution is 2.20. The Morgan fingerprint density at radius 3 is 2.36 bits per heavy atom. The zero-order valence-electron chi connectivity index (χ0n) is 14.2. The molecule has 1 aliphatic heterocycles. The van der Waals surface area contributed by atoms with E-state index in [1.54, 1.807) is 12.1 Å². The number of benzene rings is 2. The molecule has 2 N–H and O–H groups in total. The van der Waals surface area contributed by atoms with Crippen LogP contribution < -0.4 is 15.5 Å². The smallest absolute Gasteiger partial charge is 0.171 e. The van der Waals surface area contributed by atoms with Gasteiger partial charge in [0, 0.05) is 24.5 Å². The first kappa shape index (κ1) is 17.6. The maximum Gasteiger partial charge on any atom is 0.171 e. The van der Waals surface area contributed by atoms with Gasteiger partial charge in [-0.15, -0.1) is 0 Å². The molecule has 0 amide bonds. The van der Waals surface area contributed by atoms with E-state index in [0.29, 0.717) is 5.11 Å². The molecule has 1 fully saturated rings. The van der Waals surface area contributed by atoms with Gasteiger partial charge in [-0.05, 0) is 61.1 Å². The highest BCUT2D eigenvalue weighted by Gasteiger charge is 2.12. The molecule has 1 saturated heterocycles. The van der Waals surface area contributed by atoms with E-state index in [1.165, 1.54) is 17.8 Å². The van der Waals surface area contributed by atoms with Gasteiger partial charge in [0.2, 0.25) is 0 Å². The Hall–Kier alpha value is -2.18. The van der Waals surface area contributed by atoms with Crippen LogP contribution >= 0.6 is 12.2 Å². The third-order valence-electron chi connectivity index (χ3n) is 4.22. The number of thiocarbonyl (C=S) groups is 1. The lowest BCUT2D eigenvalue weighted by molar-refractivity contribution is 0.122. The molecule has 0 aromatic heterocycles. The van der Waals surface area contributed by atoms with Gasteiger partial charge in [0.25, 0.3) is 0 Å². The molecule has 2 aromatic rings. The lowest BCUT2D eigenvalue weighted by Gasteiger charge is -2.29. The Morgan fingerprint density at radius 1 is 1.08 bits per heavy atom. The van der Waals surface area contributed by atoms with Gasteiger partial charge in [0.1, 0.15) is 5.82 Å². The Labute approximate surface area is 153 Å². The average molecular weight is 359 g/mol. The van der Waals surface area contributed by atoms with Crippen molar-refractivity contribution in [2.75, 3.05) is 36.5 Å². The van der Waals surface area contributed by atoms with E-state index < -0.39 is 0 Å². The second kappa shape index (κ2) is 8.27. The van der Waals surface area contributed by atoms with Gasteiger partial charge < -0.3 is 20.3 Å². The van der Waals surface area contributed by atoms with Crippen molar-refractivity contribution in [1.29, 1.82) is 0 Å². The maximum atomic E-state index is 12.9. The third kappa shape index (κ3) is 4.90. The summed E-state index contributed by atoms with van der Waals surface area (Å²) in [6.45, 7) is 5.48. The minimum Gasteiger partial charge on any atom is -0.378 e. The Bertz CT molecular complexity index is 700. The molecule has 0 radical (unpaired) electrons. The molecule has 4 nitrogen and oxygen atoms in total. The summed E-state index contributed by atoms with van der Waals surface area (Å²) in [5.74, 6) is -0.266. The molecule has 2 aromatic carbocycles. The molecule has 0 saturated carbocycles. The van der Waals surface area contributed by atoms with Gasteiger partial charge in [0.15, 0.2) is 5.11 Å². The van der Waals surface area contributed by atoms with Crippen LogP contribution in [-0.2, 0) is 4.74 Å². The second-order valence-corrected chi connectivity index (χ2v) is 6.43. The number of rotatable bonds is 4. The van der Waals surface area contributed by atoms with Crippen LogP contribution in [0.4, 0.5) is 15.8 Å². The van der Waals surface area contributed by atoms with Crippen LogP contribution in [0, 0.1) is 5.82 Å². The summed E-state index contributed by atoms with van der Waals surface area (Å²) in [5, 5.41) is 6.83. The van der Waals surface area contributed by atoms with Crippen molar-refractivity contribution in [1.82, 2.24) is 5.32 Å². The first-order valence-corrected chi connectivity index (χ1v) is 8.78. The first-order valence-electron chi connectivity index (χ1n) is 8.37. The number of halogens is 1. The average Bonchev–Trinajstić information content (AvgIpc) is 2.64. The largest absolute Gasteiger partial charge is 0.378 e. The summed E-state index contributed by atoms with van der Waals surface area (Å²) in [6.07, 6.45) is 0. The molecule has 0 unspecified atom stereocenters. The molecular formula is C19H22FN3OS. The van der Waals surface area contributed by atoms with E-state index >= 15 is 0 Å². The summed E-state index contributed by atoms with van der Waals surface area (Å²) in [6, 6.07) is 14.7. The van der Waals surface area contributed by atoms with Crippen LogP contribution in [0.3, 0.4) is 0 Å². The van der Waals surface area contributed by atoms with Crippen LogP contribution in [0.2, 0.25) is 0 Å². The van der Waals surface area contributed by atoms with Gasteiger partial charge >= 0.3 is 0 Å². The van der Waals surface area contributed by atoms with E-state index in [2.05, 4.69) is 46.7 Å². The minimum absolute atomic E-state index is 0.0687. The zero-order chi connectivity index (χ0) is 17.6. The molecule has 6 heteroatoms. The Balaban J connectivity index is 1.55. The minimum atomic E-state index is -0.266. The number of nitrogens with one attached hydrogen (secondary N) is 2. The molecule has 1 heterocycles. The van der Waals surface area contributed by atoms with Gasteiger partial charge in [-0.1, -0.05) is 12.1 Å². The van der Waals surface area contributed by atoms with Crippen molar-refractivity contribution in [3.05, 3.63) is 59.9 Å². The number of anilines is 2. The van der Waals surface area contributed by atoms with E-state index in [1.807, 2.05) is 0 Å². The molecule has 0 spiro atoms. The molecule has 0 bridgehead atoms. The van der Waals surface area contributed by atoms with E-state index in [0.717, 1.165) is 37.6 Å². The summed E-state index contributed by atoms with van der Waals surface area (Å²) in [4.78, 5) is 2.33. The fourth-order valence-electron chi connectivity index (χ4n) is 2.78. The number of ether oxygens (including phenoxy) is 1. The molecule has 132 valence electrons. The topological polar surface area (TPSA) is 36.5 Å². The normalized spacial score (nSPS) is 15.5. The van der Waals surface area contributed by atoms with Crippen molar-refractivity contribution >= 4 is 28.7 Å². The zero-order valence-corrected chi connectivity index (χ0v) is 15.0. The van der Waals surface area contributed by atoms with Crippen molar-refractivity contribution in [3.63, 3.8) is 0 Å². The highest BCUT2D eigenvalue weighted by atomic mass is 32.1. The third-order valence-corrected chi connectivity index (χ3v) is 4.44. The van der Waals surface area contributed by atoms with E-state index in [-0.39, 0.29) is 11.9 Å². The predicted molar refractivity (Wildman–Crippen MR) is 104 cm³/mol. The quantitative estimate of drug-likeness (QED) is 0.814. The standard InChI is InChI=1S/C19H22FN3OS/c1-14(21-19(25)22-17-6-4-16(20)5-7-17)15-2-8-18(9-3-15)23-10-12-24-13-11-23/h2-9,14H,10-13H2,1H3,(H2,21,22,25)/t14-/m1/s1. The lowest BCUT2D eigenvalue weighted by atomic mass is 10.1. The van der Waals surface area contributed by atoms with Crippen molar-refractivity contribution in [2.45, 2.75) is 13.0 Å². The SMILES string of the molecule is C[C@@H](NC(=S)Nc1ccc(F)cc1)c1ccc(N2CCOCC2)cc1. The van der Waals surface area contributed by atoms with Crippen LogP contribution in [0.15, 0.2) is 48.5 Å². The molecule has 1 aliphatic rings. The number of nitrogens with zero attached hydrogens (tertiary/aromatic N) is 1. The molecule has 25 heavy (non-hydrogen) atoms. The Morgan fingerprint density at radius 2 is 1.72 bits per heavy atom. The van der Waals surface area contributed by atoms with Gasteiger partial charge in [-0.25, -0.2) is 4.39 Å².